The van der Waals surface area contributed by atoms with Crippen LogP contribution in [0, 0.1) is 0 Å². The molecule has 2 aromatic heterocycles. The maximum Gasteiger partial charge on any atom is 0.223 e. The summed E-state index contributed by atoms with van der Waals surface area (Å²) in [6, 6.07) is 3.79. The number of hydrogen-bond donors (Lipinski definition) is 0. The first kappa shape index (κ1) is 15.3. The van der Waals surface area contributed by atoms with Crippen molar-refractivity contribution in [2.75, 3.05) is 13.1 Å². The fourth-order valence-electron chi connectivity index (χ4n) is 2.92. The minimum Gasteiger partial charge on any atom is -0.469 e. The Kier molecular flexibility index (Phi) is 4.93. The largest absolute Gasteiger partial charge is 0.469 e. The molecule has 1 saturated heterocycles. The lowest BCUT2D eigenvalue weighted by atomic mass is 9.98. The SMILES string of the molecule is CCc1csc(C2CCCN(C(=O)CCc3ccco3)C2)n1. The van der Waals surface area contributed by atoms with Crippen LogP contribution in [0.4, 0.5) is 0 Å². The zero-order valence-corrected chi connectivity index (χ0v) is 13.8. The summed E-state index contributed by atoms with van der Waals surface area (Å²) in [6.07, 6.45) is 6.05. The summed E-state index contributed by atoms with van der Waals surface area (Å²) < 4.78 is 5.30. The van der Waals surface area contributed by atoms with Gasteiger partial charge in [-0.05, 0) is 31.4 Å². The predicted octanol–water partition coefficient (Wildman–Crippen LogP) is 3.64. The third kappa shape index (κ3) is 3.58. The summed E-state index contributed by atoms with van der Waals surface area (Å²) in [6.45, 7) is 3.82. The Morgan fingerprint density at radius 2 is 2.45 bits per heavy atom. The molecule has 0 spiro atoms. The standard InChI is InChI=1S/C17H22N2O2S/c1-2-14-12-22-17(18-14)13-5-3-9-19(11-13)16(20)8-7-15-6-4-10-21-15/h4,6,10,12-13H,2-3,5,7-9,11H2,1H3. The highest BCUT2D eigenvalue weighted by molar-refractivity contribution is 7.09. The van der Waals surface area contributed by atoms with Gasteiger partial charge in [-0.15, -0.1) is 11.3 Å². The first-order valence-electron chi connectivity index (χ1n) is 8.00. The number of hydrogen-bond acceptors (Lipinski definition) is 4. The first-order valence-corrected chi connectivity index (χ1v) is 8.88. The minimum atomic E-state index is 0.230. The molecule has 0 aromatic carbocycles. The van der Waals surface area contributed by atoms with Crippen molar-refractivity contribution in [1.82, 2.24) is 9.88 Å². The lowest BCUT2D eigenvalue weighted by Crippen LogP contribution is -2.39. The molecule has 0 N–H and O–H groups in total. The molecule has 4 nitrogen and oxygen atoms in total. The molecule has 1 amide bonds. The van der Waals surface area contributed by atoms with Gasteiger partial charge in [-0.3, -0.25) is 4.79 Å². The maximum absolute atomic E-state index is 12.4. The lowest BCUT2D eigenvalue weighted by molar-refractivity contribution is -0.132. The zero-order valence-electron chi connectivity index (χ0n) is 13.0. The number of rotatable bonds is 5. The molecule has 3 heterocycles. The average molecular weight is 318 g/mol. The van der Waals surface area contributed by atoms with Crippen LogP contribution in [-0.4, -0.2) is 28.9 Å². The minimum absolute atomic E-state index is 0.230. The summed E-state index contributed by atoms with van der Waals surface area (Å²) in [5.74, 6) is 1.52. The molecule has 0 bridgehead atoms. The molecule has 2 aromatic rings. The third-order valence-electron chi connectivity index (χ3n) is 4.22. The highest BCUT2D eigenvalue weighted by Crippen LogP contribution is 2.29. The van der Waals surface area contributed by atoms with Crippen molar-refractivity contribution in [2.45, 2.75) is 44.9 Å². The van der Waals surface area contributed by atoms with Crippen molar-refractivity contribution in [3.05, 3.63) is 40.2 Å². The van der Waals surface area contributed by atoms with Crippen molar-refractivity contribution in [1.29, 1.82) is 0 Å². The Morgan fingerprint density at radius 1 is 1.55 bits per heavy atom. The summed E-state index contributed by atoms with van der Waals surface area (Å²) >= 11 is 1.74. The van der Waals surface area contributed by atoms with E-state index < -0.39 is 0 Å². The van der Waals surface area contributed by atoms with Crippen molar-refractivity contribution in [3.8, 4) is 0 Å². The Hall–Kier alpha value is -1.62. The van der Waals surface area contributed by atoms with Gasteiger partial charge in [0.15, 0.2) is 0 Å². The Balaban J connectivity index is 1.56. The molecule has 1 unspecified atom stereocenters. The molecule has 3 rings (SSSR count). The van der Waals surface area contributed by atoms with Crippen LogP contribution in [0.25, 0.3) is 0 Å². The van der Waals surface area contributed by atoms with Gasteiger partial charge in [0.1, 0.15) is 5.76 Å². The van der Waals surface area contributed by atoms with Gasteiger partial charge < -0.3 is 9.32 Å². The molecular weight excluding hydrogens is 296 g/mol. The van der Waals surface area contributed by atoms with E-state index in [1.807, 2.05) is 17.0 Å². The van der Waals surface area contributed by atoms with Crippen LogP contribution in [0.15, 0.2) is 28.2 Å². The average Bonchev–Trinajstić information content (AvgIpc) is 3.24. The van der Waals surface area contributed by atoms with E-state index in [0.717, 1.165) is 38.1 Å². The molecule has 22 heavy (non-hydrogen) atoms. The zero-order chi connectivity index (χ0) is 15.4. The fourth-order valence-corrected chi connectivity index (χ4v) is 3.95. The van der Waals surface area contributed by atoms with Gasteiger partial charge in [0, 0.05) is 37.2 Å². The second-order valence-corrected chi connectivity index (χ2v) is 6.68. The van der Waals surface area contributed by atoms with Gasteiger partial charge in [0.05, 0.1) is 17.0 Å². The van der Waals surface area contributed by atoms with Gasteiger partial charge in [-0.25, -0.2) is 4.98 Å². The van der Waals surface area contributed by atoms with Crippen LogP contribution in [-0.2, 0) is 17.6 Å². The van der Waals surface area contributed by atoms with Crippen LogP contribution < -0.4 is 0 Å². The first-order chi connectivity index (χ1) is 10.8. The molecule has 5 heteroatoms. The number of carbonyl (C=O) groups is 1. The van der Waals surface area contributed by atoms with E-state index in [1.165, 1.54) is 10.7 Å². The normalized spacial score (nSPS) is 18.6. The summed E-state index contributed by atoms with van der Waals surface area (Å²) in [4.78, 5) is 19.1. The van der Waals surface area contributed by atoms with Crippen molar-refractivity contribution >= 4 is 17.2 Å². The van der Waals surface area contributed by atoms with Crippen LogP contribution in [0.1, 0.15) is 48.6 Å². The summed E-state index contributed by atoms with van der Waals surface area (Å²) in [5.41, 5.74) is 1.17. The molecule has 118 valence electrons. The summed E-state index contributed by atoms with van der Waals surface area (Å²) in [5, 5.41) is 3.34. The number of nitrogens with zero attached hydrogens (tertiary/aromatic N) is 2. The number of carbonyl (C=O) groups excluding carboxylic acids is 1. The number of aryl methyl sites for hydroxylation is 2. The van der Waals surface area contributed by atoms with E-state index in [9.17, 15) is 4.79 Å². The van der Waals surface area contributed by atoms with Crippen LogP contribution >= 0.6 is 11.3 Å². The number of aromatic nitrogens is 1. The number of amides is 1. The maximum atomic E-state index is 12.4. The second-order valence-electron chi connectivity index (χ2n) is 5.79. The Labute approximate surface area is 135 Å². The van der Waals surface area contributed by atoms with Gasteiger partial charge >= 0.3 is 0 Å². The second kappa shape index (κ2) is 7.09. The Bertz CT molecular complexity index is 606. The van der Waals surface area contributed by atoms with Crippen molar-refractivity contribution in [2.24, 2.45) is 0 Å². The van der Waals surface area contributed by atoms with Gasteiger partial charge in [-0.2, -0.15) is 0 Å². The van der Waals surface area contributed by atoms with Crippen LogP contribution in [0.2, 0.25) is 0 Å². The third-order valence-corrected chi connectivity index (χ3v) is 5.28. The molecular formula is C17H22N2O2S. The molecule has 0 saturated carbocycles. The number of furan rings is 1. The van der Waals surface area contributed by atoms with Gasteiger partial charge in [0.25, 0.3) is 0 Å². The van der Waals surface area contributed by atoms with E-state index in [-0.39, 0.29) is 5.91 Å². The van der Waals surface area contributed by atoms with Gasteiger partial charge in [0.2, 0.25) is 5.91 Å². The van der Waals surface area contributed by atoms with E-state index in [4.69, 9.17) is 9.40 Å². The molecule has 1 fully saturated rings. The fraction of sp³-hybridized carbons (Fsp3) is 0.529. The monoisotopic (exact) mass is 318 g/mol. The lowest BCUT2D eigenvalue weighted by Gasteiger charge is -2.32. The Morgan fingerprint density at radius 3 is 3.18 bits per heavy atom. The highest BCUT2D eigenvalue weighted by Gasteiger charge is 2.26. The van der Waals surface area contributed by atoms with Crippen molar-refractivity contribution in [3.63, 3.8) is 0 Å². The van der Waals surface area contributed by atoms with Crippen LogP contribution in [0.5, 0.6) is 0 Å². The van der Waals surface area contributed by atoms with E-state index >= 15 is 0 Å². The quantitative estimate of drug-likeness (QED) is 0.845. The molecule has 0 radical (unpaired) electrons. The van der Waals surface area contributed by atoms with E-state index in [0.29, 0.717) is 18.8 Å². The van der Waals surface area contributed by atoms with Gasteiger partial charge in [-0.1, -0.05) is 6.92 Å². The highest BCUT2D eigenvalue weighted by atomic mass is 32.1. The molecule has 1 atom stereocenters. The summed E-state index contributed by atoms with van der Waals surface area (Å²) in [7, 11) is 0. The molecule has 1 aliphatic rings. The predicted molar refractivity (Wildman–Crippen MR) is 87.1 cm³/mol. The smallest absolute Gasteiger partial charge is 0.223 e. The number of likely N-dealkylation sites (tertiary alicyclic amines) is 1. The number of thiazole rings is 1. The van der Waals surface area contributed by atoms with Crippen LogP contribution in [0.3, 0.4) is 0 Å². The van der Waals surface area contributed by atoms with E-state index in [1.54, 1.807) is 17.6 Å². The topological polar surface area (TPSA) is 46.3 Å². The number of piperidine rings is 1. The molecule has 0 aliphatic carbocycles. The van der Waals surface area contributed by atoms with E-state index in [2.05, 4.69) is 12.3 Å². The van der Waals surface area contributed by atoms with Crippen molar-refractivity contribution < 1.29 is 9.21 Å². The molecule has 1 aliphatic heterocycles.